The number of aromatic nitrogens is 1. The van der Waals surface area contributed by atoms with Gasteiger partial charge in [-0.25, -0.2) is 9.18 Å². The molecular weight excluding hydrogens is 341 g/mol. The van der Waals surface area contributed by atoms with E-state index in [2.05, 4.69) is 20.9 Å². The molecule has 0 aliphatic heterocycles. The number of carbonyl (C=O) groups is 2. The van der Waals surface area contributed by atoms with Gasteiger partial charge in [0.2, 0.25) is 5.78 Å². The highest BCUT2D eigenvalue weighted by Crippen LogP contribution is 2.16. The number of carbonyl (C=O) groups excluding carboxylic acids is 2. The standard InChI is InChI=1S/C15H11BrFNO3/c16-11-4-5-12(17)10(8-11)3-6-15(20)21-9-14(19)13-2-1-7-18-13/h1-8,18H,9H2/b6-3+. The number of esters is 1. The molecule has 0 aliphatic rings. The highest BCUT2D eigenvalue weighted by atomic mass is 79.9. The summed E-state index contributed by atoms with van der Waals surface area (Å²) in [7, 11) is 0. The van der Waals surface area contributed by atoms with Crippen LogP contribution in [0.5, 0.6) is 0 Å². The highest BCUT2D eigenvalue weighted by Gasteiger charge is 2.08. The first-order valence-corrected chi connectivity index (χ1v) is 6.82. The first kappa shape index (κ1) is 15.2. The summed E-state index contributed by atoms with van der Waals surface area (Å²) in [5.41, 5.74) is 0.613. The SMILES string of the molecule is O=C(/C=C/c1cc(Br)ccc1F)OCC(=O)c1ccc[nH]1. The molecule has 108 valence electrons. The third-order valence-electron chi connectivity index (χ3n) is 2.60. The fourth-order valence-corrected chi connectivity index (χ4v) is 1.95. The fourth-order valence-electron chi connectivity index (χ4n) is 1.57. The number of benzene rings is 1. The molecule has 4 nitrogen and oxygen atoms in total. The second kappa shape index (κ2) is 6.99. The van der Waals surface area contributed by atoms with Crippen molar-refractivity contribution in [3.63, 3.8) is 0 Å². The molecule has 0 saturated carbocycles. The normalized spacial score (nSPS) is 10.8. The van der Waals surface area contributed by atoms with Crippen molar-refractivity contribution in [3.05, 3.63) is 64.2 Å². The Kier molecular flexibility index (Phi) is 5.05. The maximum atomic E-state index is 13.4. The monoisotopic (exact) mass is 351 g/mol. The van der Waals surface area contributed by atoms with Gasteiger partial charge in [-0.1, -0.05) is 15.9 Å². The predicted octanol–water partition coefficient (Wildman–Crippen LogP) is 3.36. The van der Waals surface area contributed by atoms with Gasteiger partial charge in [-0.05, 0) is 36.4 Å². The average molecular weight is 352 g/mol. The Balaban J connectivity index is 1.91. The average Bonchev–Trinajstić information content (AvgIpc) is 3.00. The molecule has 21 heavy (non-hydrogen) atoms. The Morgan fingerprint density at radius 3 is 2.86 bits per heavy atom. The minimum Gasteiger partial charge on any atom is -0.454 e. The molecule has 0 aliphatic carbocycles. The van der Waals surface area contributed by atoms with E-state index in [1.807, 2.05) is 0 Å². The molecule has 1 N–H and O–H groups in total. The smallest absolute Gasteiger partial charge is 0.331 e. The van der Waals surface area contributed by atoms with Crippen LogP contribution in [0.2, 0.25) is 0 Å². The highest BCUT2D eigenvalue weighted by molar-refractivity contribution is 9.10. The summed E-state index contributed by atoms with van der Waals surface area (Å²) in [5, 5.41) is 0. The van der Waals surface area contributed by atoms with Gasteiger partial charge in [0.25, 0.3) is 0 Å². The summed E-state index contributed by atoms with van der Waals surface area (Å²) in [4.78, 5) is 25.8. The number of ether oxygens (including phenoxy) is 1. The number of nitrogens with one attached hydrogen (secondary N) is 1. The van der Waals surface area contributed by atoms with E-state index in [0.29, 0.717) is 10.2 Å². The maximum absolute atomic E-state index is 13.4. The molecule has 0 spiro atoms. The molecule has 0 radical (unpaired) electrons. The van der Waals surface area contributed by atoms with E-state index in [4.69, 9.17) is 4.74 Å². The lowest BCUT2D eigenvalue weighted by atomic mass is 10.2. The maximum Gasteiger partial charge on any atom is 0.331 e. The summed E-state index contributed by atoms with van der Waals surface area (Å²) in [6.07, 6.45) is 3.97. The van der Waals surface area contributed by atoms with Crippen molar-refractivity contribution in [2.75, 3.05) is 6.61 Å². The Labute approximate surface area is 128 Å². The van der Waals surface area contributed by atoms with Crippen molar-refractivity contribution in [2.45, 2.75) is 0 Å². The van der Waals surface area contributed by atoms with Crippen LogP contribution in [0.1, 0.15) is 16.1 Å². The minimum absolute atomic E-state index is 0.247. The molecule has 0 unspecified atom stereocenters. The largest absolute Gasteiger partial charge is 0.454 e. The van der Waals surface area contributed by atoms with Gasteiger partial charge in [-0.2, -0.15) is 0 Å². The molecule has 1 aromatic carbocycles. The number of halogens is 2. The second-order valence-electron chi connectivity index (χ2n) is 4.11. The van der Waals surface area contributed by atoms with Gasteiger partial charge in [-0.15, -0.1) is 0 Å². The molecule has 0 bridgehead atoms. The van der Waals surface area contributed by atoms with Crippen LogP contribution in [0.3, 0.4) is 0 Å². The van der Waals surface area contributed by atoms with Gasteiger partial charge in [0.05, 0.1) is 5.69 Å². The summed E-state index contributed by atoms with van der Waals surface area (Å²) in [6.45, 7) is -0.370. The molecular formula is C15H11BrFNO3. The van der Waals surface area contributed by atoms with E-state index in [-0.39, 0.29) is 18.0 Å². The van der Waals surface area contributed by atoms with Crippen LogP contribution in [0, 0.1) is 5.82 Å². The van der Waals surface area contributed by atoms with Crippen LogP contribution >= 0.6 is 15.9 Å². The van der Waals surface area contributed by atoms with Crippen molar-refractivity contribution in [1.82, 2.24) is 4.98 Å². The van der Waals surface area contributed by atoms with Crippen molar-refractivity contribution < 1.29 is 18.7 Å². The van der Waals surface area contributed by atoms with E-state index in [1.165, 1.54) is 18.2 Å². The summed E-state index contributed by atoms with van der Waals surface area (Å²) < 4.78 is 18.9. The number of ketones is 1. The zero-order valence-corrected chi connectivity index (χ0v) is 12.4. The van der Waals surface area contributed by atoms with Crippen molar-refractivity contribution in [3.8, 4) is 0 Å². The number of rotatable bonds is 5. The molecule has 1 heterocycles. The molecule has 6 heteroatoms. The number of Topliss-reactive ketones (excluding diaryl/α,β-unsaturated/α-hetero) is 1. The molecule has 2 aromatic rings. The first-order chi connectivity index (χ1) is 10.1. The van der Waals surface area contributed by atoms with Crippen molar-refractivity contribution in [1.29, 1.82) is 0 Å². The minimum atomic E-state index is -0.714. The van der Waals surface area contributed by atoms with E-state index >= 15 is 0 Å². The fraction of sp³-hybridized carbons (Fsp3) is 0.0667. The van der Waals surface area contributed by atoms with Gasteiger partial charge in [0, 0.05) is 22.3 Å². The van der Waals surface area contributed by atoms with Gasteiger partial charge >= 0.3 is 5.97 Å². The third kappa shape index (κ3) is 4.39. The van der Waals surface area contributed by atoms with E-state index < -0.39 is 11.8 Å². The topological polar surface area (TPSA) is 59.2 Å². The van der Waals surface area contributed by atoms with Gasteiger partial charge in [0.15, 0.2) is 6.61 Å². The molecule has 0 amide bonds. The van der Waals surface area contributed by atoms with E-state index in [0.717, 1.165) is 6.08 Å². The molecule has 0 fully saturated rings. The van der Waals surface area contributed by atoms with E-state index in [9.17, 15) is 14.0 Å². The van der Waals surface area contributed by atoms with Crippen LogP contribution < -0.4 is 0 Å². The van der Waals surface area contributed by atoms with Crippen LogP contribution in [-0.4, -0.2) is 23.3 Å². The van der Waals surface area contributed by atoms with Crippen molar-refractivity contribution in [2.24, 2.45) is 0 Å². The summed E-state index contributed by atoms with van der Waals surface area (Å²) >= 11 is 3.21. The van der Waals surface area contributed by atoms with Crippen LogP contribution in [-0.2, 0) is 9.53 Å². The lowest BCUT2D eigenvalue weighted by Crippen LogP contribution is -2.12. The zero-order valence-electron chi connectivity index (χ0n) is 10.8. The summed E-state index contributed by atoms with van der Waals surface area (Å²) in [6, 6.07) is 7.63. The van der Waals surface area contributed by atoms with Crippen molar-refractivity contribution >= 4 is 33.8 Å². The van der Waals surface area contributed by atoms with Gasteiger partial charge in [-0.3, -0.25) is 4.79 Å². The Hall–Kier alpha value is -2.21. The lowest BCUT2D eigenvalue weighted by Gasteiger charge is -2.00. The van der Waals surface area contributed by atoms with Gasteiger partial charge in [0.1, 0.15) is 5.82 Å². The predicted molar refractivity (Wildman–Crippen MR) is 79.2 cm³/mol. The molecule has 2 rings (SSSR count). The lowest BCUT2D eigenvalue weighted by molar-refractivity contribution is -0.136. The van der Waals surface area contributed by atoms with Crippen LogP contribution in [0.15, 0.2) is 47.1 Å². The number of hydrogen-bond acceptors (Lipinski definition) is 3. The Morgan fingerprint density at radius 2 is 2.14 bits per heavy atom. The first-order valence-electron chi connectivity index (χ1n) is 6.03. The third-order valence-corrected chi connectivity index (χ3v) is 3.09. The zero-order chi connectivity index (χ0) is 15.2. The Bertz CT molecular complexity index is 680. The number of H-pyrrole nitrogens is 1. The molecule has 0 saturated heterocycles. The molecule has 0 atom stereocenters. The van der Waals surface area contributed by atoms with Crippen LogP contribution in [0.25, 0.3) is 6.08 Å². The van der Waals surface area contributed by atoms with Crippen LogP contribution in [0.4, 0.5) is 4.39 Å². The number of hydrogen-bond donors (Lipinski definition) is 1. The van der Waals surface area contributed by atoms with Gasteiger partial charge < -0.3 is 9.72 Å². The quantitative estimate of drug-likeness (QED) is 0.510. The Morgan fingerprint density at radius 1 is 1.33 bits per heavy atom. The van der Waals surface area contributed by atoms with E-state index in [1.54, 1.807) is 24.4 Å². The second-order valence-corrected chi connectivity index (χ2v) is 5.03. The number of aromatic amines is 1. The summed E-state index contributed by atoms with van der Waals surface area (Å²) in [5.74, 6) is -1.51. The molecule has 1 aromatic heterocycles.